The molecule has 1 aliphatic heterocycles. The Hall–Kier alpha value is -1.59. The van der Waals surface area contributed by atoms with Crippen LogP contribution in [0.3, 0.4) is 0 Å². The van der Waals surface area contributed by atoms with Gasteiger partial charge in [-0.05, 0) is 24.8 Å². The van der Waals surface area contributed by atoms with E-state index in [2.05, 4.69) is 22.8 Å². The summed E-state index contributed by atoms with van der Waals surface area (Å²) in [6.45, 7) is 2.63. The second kappa shape index (κ2) is 8.00. The minimum atomic E-state index is -0.176. The number of ether oxygens (including phenoxy) is 1. The number of carbonyl (C=O) groups is 1. The topological polar surface area (TPSA) is 70.6 Å². The van der Waals surface area contributed by atoms with Gasteiger partial charge in [-0.1, -0.05) is 30.3 Å². The first-order valence-electron chi connectivity index (χ1n) is 7.53. The van der Waals surface area contributed by atoms with Gasteiger partial charge in [-0.25, -0.2) is 4.79 Å². The van der Waals surface area contributed by atoms with Crippen LogP contribution in [-0.2, 0) is 10.2 Å². The minimum Gasteiger partial charge on any atom is -0.396 e. The van der Waals surface area contributed by atoms with Crippen molar-refractivity contribution >= 4 is 6.03 Å². The molecule has 0 atom stereocenters. The predicted octanol–water partition coefficient (Wildman–Crippen LogP) is 1.42. The Balaban J connectivity index is 1.96. The molecule has 0 saturated carbocycles. The molecular weight excluding hydrogens is 268 g/mol. The molecule has 0 bridgehead atoms. The van der Waals surface area contributed by atoms with E-state index in [9.17, 15) is 4.79 Å². The minimum absolute atomic E-state index is 0.0478. The van der Waals surface area contributed by atoms with E-state index in [1.807, 2.05) is 18.2 Å². The molecule has 5 nitrogen and oxygen atoms in total. The van der Waals surface area contributed by atoms with E-state index in [4.69, 9.17) is 9.84 Å². The first kappa shape index (κ1) is 15.8. The smallest absolute Gasteiger partial charge is 0.314 e. The summed E-state index contributed by atoms with van der Waals surface area (Å²) in [7, 11) is 0. The van der Waals surface area contributed by atoms with Crippen molar-refractivity contribution in [1.82, 2.24) is 10.6 Å². The van der Waals surface area contributed by atoms with Crippen molar-refractivity contribution in [2.24, 2.45) is 0 Å². The van der Waals surface area contributed by atoms with Crippen molar-refractivity contribution in [3.63, 3.8) is 0 Å². The maximum atomic E-state index is 11.8. The molecular formula is C16H24N2O3. The first-order valence-corrected chi connectivity index (χ1v) is 7.53. The van der Waals surface area contributed by atoms with Gasteiger partial charge in [0.2, 0.25) is 0 Å². The summed E-state index contributed by atoms with van der Waals surface area (Å²) in [4.78, 5) is 11.8. The zero-order valence-corrected chi connectivity index (χ0v) is 12.3. The quantitative estimate of drug-likeness (QED) is 0.694. The van der Waals surface area contributed by atoms with Gasteiger partial charge in [-0.2, -0.15) is 0 Å². The summed E-state index contributed by atoms with van der Waals surface area (Å²) in [5, 5.41) is 14.4. The Morgan fingerprint density at radius 1 is 1.19 bits per heavy atom. The van der Waals surface area contributed by atoms with Gasteiger partial charge in [0.25, 0.3) is 0 Å². The van der Waals surface area contributed by atoms with Crippen LogP contribution in [0.25, 0.3) is 0 Å². The van der Waals surface area contributed by atoms with Crippen molar-refractivity contribution in [3.05, 3.63) is 35.9 Å². The molecule has 1 aromatic rings. The maximum absolute atomic E-state index is 11.8. The van der Waals surface area contributed by atoms with Gasteiger partial charge in [-0.15, -0.1) is 0 Å². The monoisotopic (exact) mass is 292 g/mol. The molecule has 0 radical (unpaired) electrons. The molecule has 0 aliphatic carbocycles. The highest BCUT2D eigenvalue weighted by molar-refractivity contribution is 5.73. The Morgan fingerprint density at radius 2 is 1.90 bits per heavy atom. The van der Waals surface area contributed by atoms with Gasteiger partial charge in [-0.3, -0.25) is 0 Å². The fraction of sp³-hybridized carbons (Fsp3) is 0.562. The molecule has 1 heterocycles. The lowest BCUT2D eigenvalue weighted by atomic mass is 9.74. The van der Waals surface area contributed by atoms with Crippen LogP contribution in [0, 0.1) is 0 Å². The maximum Gasteiger partial charge on any atom is 0.314 e. The molecule has 1 aromatic carbocycles. The Labute approximate surface area is 125 Å². The molecule has 21 heavy (non-hydrogen) atoms. The average Bonchev–Trinajstić information content (AvgIpc) is 2.55. The van der Waals surface area contributed by atoms with Crippen LogP contribution in [0.4, 0.5) is 4.79 Å². The number of urea groups is 1. The third-order valence-electron chi connectivity index (χ3n) is 4.04. The molecule has 1 aliphatic rings. The first-order chi connectivity index (χ1) is 10.3. The third-order valence-corrected chi connectivity index (χ3v) is 4.04. The van der Waals surface area contributed by atoms with Crippen LogP contribution in [0.1, 0.15) is 24.8 Å². The van der Waals surface area contributed by atoms with Crippen LogP contribution >= 0.6 is 0 Å². The van der Waals surface area contributed by atoms with Crippen LogP contribution in [0.2, 0.25) is 0 Å². The van der Waals surface area contributed by atoms with Gasteiger partial charge in [0.1, 0.15) is 0 Å². The number of hydrogen-bond donors (Lipinski definition) is 3. The number of amides is 2. The Morgan fingerprint density at radius 3 is 2.57 bits per heavy atom. The van der Waals surface area contributed by atoms with Crippen LogP contribution in [0.15, 0.2) is 30.3 Å². The molecule has 5 heteroatoms. The zero-order valence-electron chi connectivity index (χ0n) is 12.3. The number of nitrogens with one attached hydrogen (secondary N) is 2. The average molecular weight is 292 g/mol. The van der Waals surface area contributed by atoms with Crippen LogP contribution in [0.5, 0.6) is 0 Å². The fourth-order valence-electron chi connectivity index (χ4n) is 2.71. The normalized spacial score (nSPS) is 17.2. The molecule has 1 saturated heterocycles. The van der Waals surface area contributed by atoms with Gasteiger partial charge >= 0.3 is 6.03 Å². The van der Waals surface area contributed by atoms with E-state index < -0.39 is 0 Å². The number of aliphatic hydroxyl groups excluding tert-OH is 1. The predicted molar refractivity (Wildman–Crippen MR) is 81.3 cm³/mol. The highest BCUT2D eigenvalue weighted by Gasteiger charge is 2.34. The lowest BCUT2D eigenvalue weighted by Gasteiger charge is -2.38. The number of hydrogen-bond acceptors (Lipinski definition) is 3. The molecule has 0 unspecified atom stereocenters. The Kier molecular flexibility index (Phi) is 6.02. The fourth-order valence-corrected chi connectivity index (χ4v) is 2.71. The number of rotatable bonds is 6. The SMILES string of the molecule is O=C(NCCCO)NCC1(c2ccccc2)CCOCC1. The summed E-state index contributed by atoms with van der Waals surface area (Å²) in [6, 6.07) is 10.1. The van der Waals surface area contributed by atoms with Crippen LogP contribution < -0.4 is 10.6 Å². The molecule has 2 rings (SSSR count). The van der Waals surface area contributed by atoms with Crippen molar-refractivity contribution in [2.75, 3.05) is 32.9 Å². The standard InChI is InChI=1S/C16H24N2O3/c19-10-4-9-17-15(20)18-13-16(7-11-21-12-8-16)14-5-2-1-3-6-14/h1-3,5-6,19H,4,7-13H2,(H2,17,18,20). The van der Waals surface area contributed by atoms with Gasteiger partial charge in [0.05, 0.1) is 0 Å². The lowest BCUT2D eigenvalue weighted by Crippen LogP contribution is -2.47. The molecule has 2 amide bonds. The molecule has 0 aromatic heterocycles. The molecule has 3 N–H and O–H groups in total. The van der Waals surface area contributed by atoms with Gasteiger partial charge < -0.3 is 20.5 Å². The van der Waals surface area contributed by atoms with E-state index in [1.165, 1.54) is 5.56 Å². The Bertz CT molecular complexity index is 430. The summed E-state index contributed by atoms with van der Waals surface area (Å²) in [6.07, 6.45) is 2.40. The second-order valence-electron chi connectivity index (χ2n) is 5.45. The second-order valence-corrected chi connectivity index (χ2v) is 5.45. The van der Waals surface area contributed by atoms with E-state index in [0.29, 0.717) is 19.5 Å². The molecule has 0 spiro atoms. The van der Waals surface area contributed by atoms with Crippen molar-refractivity contribution in [2.45, 2.75) is 24.7 Å². The summed E-state index contributed by atoms with van der Waals surface area (Å²) in [5.74, 6) is 0. The highest BCUT2D eigenvalue weighted by atomic mass is 16.5. The third kappa shape index (κ3) is 4.44. The largest absolute Gasteiger partial charge is 0.396 e. The highest BCUT2D eigenvalue weighted by Crippen LogP contribution is 2.34. The molecule has 1 fully saturated rings. The van der Waals surface area contributed by atoms with Crippen molar-refractivity contribution < 1.29 is 14.6 Å². The zero-order chi connectivity index (χ0) is 15.0. The van der Waals surface area contributed by atoms with Crippen molar-refractivity contribution in [3.8, 4) is 0 Å². The summed E-state index contributed by atoms with van der Waals surface area (Å²) in [5.41, 5.74) is 1.21. The number of carbonyl (C=O) groups excluding carboxylic acids is 1. The summed E-state index contributed by atoms with van der Waals surface area (Å²) < 4.78 is 5.48. The van der Waals surface area contributed by atoms with E-state index in [1.54, 1.807) is 0 Å². The molecule has 116 valence electrons. The number of aliphatic hydroxyl groups is 1. The van der Waals surface area contributed by atoms with E-state index in [0.717, 1.165) is 26.1 Å². The summed E-state index contributed by atoms with van der Waals surface area (Å²) >= 11 is 0. The van der Waals surface area contributed by atoms with Crippen molar-refractivity contribution in [1.29, 1.82) is 0 Å². The van der Waals surface area contributed by atoms with Gasteiger partial charge in [0, 0.05) is 38.3 Å². The van der Waals surface area contributed by atoms with Gasteiger partial charge in [0.15, 0.2) is 0 Å². The van der Waals surface area contributed by atoms with Crippen LogP contribution in [-0.4, -0.2) is 44.0 Å². The van der Waals surface area contributed by atoms with E-state index in [-0.39, 0.29) is 18.1 Å². The van der Waals surface area contributed by atoms with E-state index >= 15 is 0 Å². The lowest BCUT2D eigenvalue weighted by molar-refractivity contribution is 0.0507. The number of benzene rings is 1.